The average molecular weight is 468 g/mol. The molecule has 180 valence electrons. The predicted octanol–water partition coefficient (Wildman–Crippen LogP) is 3.53. The van der Waals surface area contributed by atoms with Crippen molar-refractivity contribution in [3.63, 3.8) is 0 Å². The molecular weight excluding hydrogens is 437 g/mol. The SMILES string of the molecule is CCC(C)NC(=O)C(C)N(Cc1ccccc1F)C(=O)CCCN1C(=O)c2ccccc2C1=O. The fourth-order valence-corrected chi connectivity index (χ4v) is 3.83. The van der Waals surface area contributed by atoms with Crippen molar-refractivity contribution in [3.8, 4) is 0 Å². The topological polar surface area (TPSA) is 86.8 Å². The van der Waals surface area contributed by atoms with Crippen LogP contribution in [-0.4, -0.2) is 52.1 Å². The molecule has 0 spiro atoms. The van der Waals surface area contributed by atoms with Gasteiger partial charge in [0.05, 0.1) is 11.1 Å². The summed E-state index contributed by atoms with van der Waals surface area (Å²) in [6.07, 6.45) is 0.973. The van der Waals surface area contributed by atoms with Gasteiger partial charge in [-0.05, 0) is 44.9 Å². The van der Waals surface area contributed by atoms with Crippen LogP contribution in [0.3, 0.4) is 0 Å². The van der Waals surface area contributed by atoms with Crippen LogP contribution >= 0.6 is 0 Å². The Labute approximate surface area is 198 Å². The van der Waals surface area contributed by atoms with E-state index >= 15 is 0 Å². The van der Waals surface area contributed by atoms with Gasteiger partial charge >= 0.3 is 0 Å². The molecular formula is C26H30FN3O4. The van der Waals surface area contributed by atoms with Crippen molar-refractivity contribution >= 4 is 23.6 Å². The van der Waals surface area contributed by atoms with Crippen LogP contribution in [0.1, 0.15) is 66.3 Å². The van der Waals surface area contributed by atoms with Crippen LogP contribution in [0.2, 0.25) is 0 Å². The largest absolute Gasteiger partial charge is 0.352 e. The Bertz CT molecular complexity index is 1050. The molecule has 8 heteroatoms. The number of carbonyl (C=O) groups excluding carboxylic acids is 4. The van der Waals surface area contributed by atoms with Crippen LogP contribution in [0, 0.1) is 5.82 Å². The van der Waals surface area contributed by atoms with Crippen LogP contribution in [-0.2, 0) is 16.1 Å². The van der Waals surface area contributed by atoms with Gasteiger partial charge in [0.2, 0.25) is 11.8 Å². The second-order valence-electron chi connectivity index (χ2n) is 8.52. The van der Waals surface area contributed by atoms with E-state index < -0.39 is 11.9 Å². The number of benzene rings is 2. The maximum atomic E-state index is 14.3. The number of imide groups is 1. The first-order chi connectivity index (χ1) is 16.2. The standard InChI is InChI=1S/C26H30FN3O4/c1-4-17(2)28-24(32)18(3)30(16-19-10-5-8-13-22(19)27)23(31)14-9-15-29-25(33)20-11-6-7-12-21(20)26(29)34/h5-8,10-13,17-18H,4,9,14-16H2,1-3H3,(H,28,32). The first-order valence-corrected chi connectivity index (χ1v) is 11.5. The lowest BCUT2D eigenvalue weighted by atomic mass is 10.1. The zero-order chi connectivity index (χ0) is 24.8. The third kappa shape index (κ3) is 5.50. The Morgan fingerprint density at radius 2 is 1.59 bits per heavy atom. The minimum absolute atomic E-state index is 0.00279. The molecule has 3 rings (SSSR count). The lowest BCUT2D eigenvalue weighted by Crippen LogP contribution is -2.49. The molecule has 7 nitrogen and oxygen atoms in total. The number of hydrogen-bond donors (Lipinski definition) is 1. The minimum atomic E-state index is -0.819. The first kappa shape index (κ1) is 25.1. The summed E-state index contributed by atoms with van der Waals surface area (Å²) in [5.74, 6) is -1.89. The highest BCUT2D eigenvalue weighted by atomic mass is 19.1. The molecule has 0 aliphatic carbocycles. The summed E-state index contributed by atoms with van der Waals surface area (Å²) >= 11 is 0. The number of fused-ring (bicyclic) bond motifs is 1. The molecule has 1 N–H and O–H groups in total. The van der Waals surface area contributed by atoms with Crippen molar-refractivity contribution in [2.24, 2.45) is 0 Å². The summed E-state index contributed by atoms with van der Waals surface area (Å²) in [5.41, 5.74) is 1.02. The van der Waals surface area contributed by atoms with Crippen LogP contribution in [0.25, 0.3) is 0 Å². The Balaban J connectivity index is 1.68. The Morgan fingerprint density at radius 3 is 2.18 bits per heavy atom. The molecule has 2 aromatic rings. The van der Waals surface area contributed by atoms with E-state index in [9.17, 15) is 23.6 Å². The quantitative estimate of drug-likeness (QED) is 0.542. The van der Waals surface area contributed by atoms with Gasteiger partial charge < -0.3 is 10.2 Å². The normalized spacial score (nSPS) is 14.5. The summed E-state index contributed by atoms with van der Waals surface area (Å²) in [7, 11) is 0. The maximum Gasteiger partial charge on any atom is 0.261 e. The fourth-order valence-electron chi connectivity index (χ4n) is 3.83. The van der Waals surface area contributed by atoms with Gasteiger partial charge in [-0.1, -0.05) is 37.3 Å². The number of carbonyl (C=O) groups is 4. The van der Waals surface area contributed by atoms with Gasteiger partial charge in [0, 0.05) is 31.1 Å². The van der Waals surface area contributed by atoms with E-state index in [0.29, 0.717) is 16.7 Å². The number of halogens is 1. The second-order valence-corrected chi connectivity index (χ2v) is 8.52. The van der Waals surface area contributed by atoms with Gasteiger partial charge in [-0.25, -0.2) is 4.39 Å². The summed E-state index contributed by atoms with van der Waals surface area (Å²) < 4.78 is 14.3. The molecule has 2 unspecified atom stereocenters. The third-order valence-corrected chi connectivity index (χ3v) is 6.12. The number of nitrogens with one attached hydrogen (secondary N) is 1. The minimum Gasteiger partial charge on any atom is -0.352 e. The number of nitrogens with zero attached hydrogens (tertiary/aromatic N) is 2. The summed E-state index contributed by atoms with van der Waals surface area (Å²) in [6.45, 7) is 5.44. The van der Waals surface area contributed by atoms with Gasteiger partial charge in [0.15, 0.2) is 0 Å². The first-order valence-electron chi connectivity index (χ1n) is 11.5. The van der Waals surface area contributed by atoms with Crippen molar-refractivity contribution in [2.45, 2.75) is 58.7 Å². The molecule has 4 amide bonds. The molecule has 0 fully saturated rings. The zero-order valence-electron chi connectivity index (χ0n) is 19.7. The van der Waals surface area contributed by atoms with Gasteiger partial charge in [-0.15, -0.1) is 0 Å². The highest BCUT2D eigenvalue weighted by Crippen LogP contribution is 2.23. The second kappa shape index (κ2) is 11.0. The van der Waals surface area contributed by atoms with Crippen LogP contribution < -0.4 is 5.32 Å². The van der Waals surface area contributed by atoms with E-state index in [0.717, 1.165) is 11.3 Å². The monoisotopic (exact) mass is 467 g/mol. The molecule has 34 heavy (non-hydrogen) atoms. The summed E-state index contributed by atoms with van der Waals surface area (Å²) in [4.78, 5) is 53.4. The van der Waals surface area contributed by atoms with Gasteiger partial charge in [0.25, 0.3) is 11.8 Å². The smallest absolute Gasteiger partial charge is 0.261 e. The van der Waals surface area contributed by atoms with Gasteiger partial charge in [-0.2, -0.15) is 0 Å². The number of amides is 4. The zero-order valence-corrected chi connectivity index (χ0v) is 19.7. The van der Waals surface area contributed by atoms with E-state index in [1.807, 2.05) is 13.8 Å². The van der Waals surface area contributed by atoms with E-state index in [-0.39, 0.29) is 55.6 Å². The molecule has 0 bridgehead atoms. The van der Waals surface area contributed by atoms with Crippen LogP contribution in [0.4, 0.5) is 4.39 Å². The lowest BCUT2D eigenvalue weighted by molar-refractivity contribution is -0.141. The highest BCUT2D eigenvalue weighted by molar-refractivity contribution is 6.21. The van der Waals surface area contributed by atoms with Crippen LogP contribution in [0.15, 0.2) is 48.5 Å². The molecule has 2 atom stereocenters. The van der Waals surface area contributed by atoms with E-state index in [4.69, 9.17) is 0 Å². The van der Waals surface area contributed by atoms with E-state index in [2.05, 4.69) is 5.32 Å². The van der Waals surface area contributed by atoms with Crippen molar-refractivity contribution < 1.29 is 23.6 Å². The maximum absolute atomic E-state index is 14.3. The van der Waals surface area contributed by atoms with Crippen molar-refractivity contribution in [1.29, 1.82) is 0 Å². The van der Waals surface area contributed by atoms with Crippen LogP contribution in [0.5, 0.6) is 0 Å². The van der Waals surface area contributed by atoms with Crippen molar-refractivity contribution in [2.75, 3.05) is 6.54 Å². The Morgan fingerprint density at radius 1 is 1.00 bits per heavy atom. The fraction of sp³-hybridized carbons (Fsp3) is 0.385. The molecule has 1 heterocycles. The molecule has 0 aromatic heterocycles. The van der Waals surface area contributed by atoms with E-state index in [1.165, 1.54) is 11.0 Å². The number of hydrogen-bond acceptors (Lipinski definition) is 4. The number of rotatable bonds is 10. The average Bonchev–Trinajstić information content (AvgIpc) is 3.07. The molecule has 0 saturated carbocycles. The van der Waals surface area contributed by atoms with Gasteiger partial charge in [0.1, 0.15) is 11.9 Å². The highest BCUT2D eigenvalue weighted by Gasteiger charge is 2.35. The summed E-state index contributed by atoms with van der Waals surface area (Å²) in [6, 6.07) is 11.8. The molecule has 1 aliphatic heterocycles. The predicted molar refractivity (Wildman–Crippen MR) is 125 cm³/mol. The Hall–Kier alpha value is -3.55. The molecule has 0 radical (unpaired) electrons. The van der Waals surface area contributed by atoms with Crippen molar-refractivity contribution in [3.05, 3.63) is 71.0 Å². The summed E-state index contributed by atoms with van der Waals surface area (Å²) in [5, 5.41) is 2.86. The molecule has 2 aromatic carbocycles. The Kier molecular flexibility index (Phi) is 8.15. The van der Waals surface area contributed by atoms with Gasteiger partial charge in [-0.3, -0.25) is 24.1 Å². The molecule has 1 aliphatic rings. The molecule has 0 saturated heterocycles. The third-order valence-electron chi connectivity index (χ3n) is 6.12. The van der Waals surface area contributed by atoms with E-state index in [1.54, 1.807) is 49.4 Å². The van der Waals surface area contributed by atoms with Crippen molar-refractivity contribution in [1.82, 2.24) is 15.1 Å². The lowest BCUT2D eigenvalue weighted by Gasteiger charge is -2.30.